The van der Waals surface area contributed by atoms with Crippen molar-refractivity contribution in [3.05, 3.63) is 57.6 Å². The Labute approximate surface area is 151 Å². The predicted octanol–water partition coefficient (Wildman–Crippen LogP) is 4.17. The van der Waals surface area contributed by atoms with E-state index < -0.39 is 17.5 Å². The van der Waals surface area contributed by atoms with Crippen LogP contribution in [0, 0.1) is 18.6 Å². The van der Waals surface area contributed by atoms with E-state index in [2.05, 4.69) is 26.6 Å². The summed E-state index contributed by atoms with van der Waals surface area (Å²) in [4.78, 5) is 12.4. The summed E-state index contributed by atoms with van der Waals surface area (Å²) in [7, 11) is 1.46. The summed E-state index contributed by atoms with van der Waals surface area (Å²) in [5.74, 6) is -1.63. The third-order valence-electron chi connectivity index (χ3n) is 3.09. The summed E-state index contributed by atoms with van der Waals surface area (Å²) >= 11 is 8.31. The summed E-state index contributed by atoms with van der Waals surface area (Å²) in [5, 5.41) is 4.83. The van der Waals surface area contributed by atoms with Crippen molar-refractivity contribution < 1.29 is 18.3 Å². The van der Waals surface area contributed by atoms with E-state index in [1.54, 1.807) is 19.1 Å². The van der Waals surface area contributed by atoms with E-state index >= 15 is 0 Å². The molecular weight excluding hydrogens is 402 g/mol. The lowest BCUT2D eigenvalue weighted by Crippen LogP contribution is -2.34. The number of thiocarbonyl (C=S) groups is 1. The maximum absolute atomic E-state index is 13.6. The molecule has 2 N–H and O–H groups in total. The monoisotopic (exact) mass is 414 g/mol. The highest BCUT2D eigenvalue weighted by Crippen LogP contribution is 2.27. The fraction of sp³-hybridized carbons (Fsp3) is 0.125. The van der Waals surface area contributed by atoms with Crippen LogP contribution in [0.3, 0.4) is 0 Å². The minimum absolute atomic E-state index is 0.0425. The zero-order valence-electron chi connectivity index (χ0n) is 12.7. The highest BCUT2D eigenvalue weighted by Gasteiger charge is 2.17. The number of hydrogen-bond acceptors (Lipinski definition) is 3. The van der Waals surface area contributed by atoms with Gasteiger partial charge in [0.2, 0.25) is 0 Å². The van der Waals surface area contributed by atoms with Crippen molar-refractivity contribution in [3.63, 3.8) is 0 Å². The molecule has 0 atom stereocenters. The molecule has 0 unspecified atom stereocenters. The fourth-order valence-electron chi connectivity index (χ4n) is 2.08. The van der Waals surface area contributed by atoms with Crippen LogP contribution < -0.4 is 15.4 Å². The predicted molar refractivity (Wildman–Crippen MR) is 95.5 cm³/mol. The minimum Gasteiger partial charge on any atom is -0.496 e. The molecule has 1 amide bonds. The molecule has 0 saturated heterocycles. The number of amides is 1. The Hall–Kier alpha value is -2.06. The van der Waals surface area contributed by atoms with Gasteiger partial charge in [0.25, 0.3) is 5.91 Å². The van der Waals surface area contributed by atoms with Gasteiger partial charge in [-0.15, -0.1) is 0 Å². The first kappa shape index (κ1) is 18.3. The van der Waals surface area contributed by atoms with Crippen molar-refractivity contribution in [1.29, 1.82) is 0 Å². The van der Waals surface area contributed by atoms with Crippen LogP contribution in [-0.4, -0.2) is 18.1 Å². The van der Waals surface area contributed by atoms with E-state index in [9.17, 15) is 13.6 Å². The number of aryl methyl sites for hydroxylation is 1. The first-order valence-corrected chi connectivity index (χ1v) is 7.93. The van der Waals surface area contributed by atoms with E-state index in [-0.39, 0.29) is 16.4 Å². The average Bonchev–Trinajstić information content (AvgIpc) is 2.49. The second kappa shape index (κ2) is 7.67. The van der Waals surface area contributed by atoms with Crippen LogP contribution in [0.2, 0.25) is 0 Å². The van der Waals surface area contributed by atoms with Crippen molar-refractivity contribution in [2.75, 3.05) is 12.4 Å². The molecule has 8 heteroatoms. The summed E-state index contributed by atoms with van der Waals surface area (Å²) in [6.45, 7) is 1.80. The third kappa shape index (κ3) is 4.27. The lowest BCUT2D eigenvalue weighted by molar-refractivity contribution is 0.0974. The second-order valence-electron chi connectivity index (χ2n) is 4.84. The summed E-state index contributed by atoms with van der Waals surface area (Å²) < 4.78 is 32.4. The topological polar surface area (TPSA) is 50.4 Å². The first-order chi connectivity index (χ1) is 11.3. The Morgan fingerprint density at radius 3 is 2.58 bits per heavy atom. The van der Waals surface area contributed by atoms with Crippen LogP contribution in [-0.2, 0) is 0 Å². The molecule has 4 nitrogen and oxygen atoms in total. The Bertz CT molecular complexity index is 815. The second-order valence-corrected chi connectivity index (χ2v) is 6.16. The average molecular weight is 415 g/mol. The number of anilines is 1. The number of carbonyl (C=O) groups is 1. The molecule has 2 rings (SSSR count). The van der Waals surface area contributed by atoms with Crippen LogP contribution in [0.4, 0.5) is 14.5 Å². The summed E-state index contributed by atoms with van der Waals surface area (Å²) in [6.07, 6.45) is 0. The molecule has 0 aliphatic heterocycles. The van der Waals surface area contributed by atoms with Gasteiger partial charge in [0, 0.05) is 10.5 Å². The van der Waals surface area contributed by atoms with Crippen LogP contribution in [0.5, 0.6) is 5.75 Å². The minimum atomic E-state index is -0.817. The molecule has 24 heavy (non-hydrogen) atoms. The van der Waals surface area contributed by atoms with Crippen molar-refractivity contribution in [1.82, 2.24) is 5.32 Å². The molecule has 0 aliphatic rings. The van der Waals surface area contributed by atoms with Gasteiger partial charge >= 0.3 is 0 Å². The number of nitrogens with one attached hydrogen (secondary N) is 2. The van der Waals surface area contributed by atoms with Gasteiger partial charge in [-0.1, -0.05) is 15.9 Å². The zero-order valence-corrected chi connectivity index (χ0v) is 15.1. The highest BCUT2D eigenvalue weighted by atomic mass is 79.9. The quantitative estimate of drug-likeness (QED) is 0.739. The maximum atomic E-state index is 13.6. The Morgan fingerprint density at radius 2 is 1.96 bits per heavy atom. The molecule has 0 aliphatic carbocycles. The maximum Gasteiger partial charge on any atom is 0.261 e. The molecule has 0 bridgehead atoms. The Balaban J connectivity index is 2.16. The molecule has 2 aromatic rings. The van der Waals surface area contributed by atoms with Crippen molar-refractivity contribution in [3.8, 4) is 5.75 Å². The lowest BCUT2D eigenvalue weighted by atomic mass is 10.1. The number of carbonyl (C=O) groups excluding carboxylic acids is 1. The number of hydrogen-bond donors (Lipinski definition) is 2. The SMILES string of the molecule is COc1c(C)cc(Br)cc1C(=O)NC(=S)Nc1ccc(F)cc1F. The summed E-state index contributed by atoms with van der Waals surface area (Å²) in [5.41, 5.74) is 0.993. The smallest absolute Gasteiger partial charge is 0.261 e. The van der Waals surface area contributed by atoms with E-state index in [4.69, 9.17) is 17.0 Å². The molecule has 2 aromatic carbocycles. The molecule has 0 saturated carbocycles. The fourth-order valence-corrected chi connectivity index (χ4v) is 2.86. The van der Waals surface area contributed by atoms with Crippen LogP contribution in [0.1, 0.15) is 15.9 Å². The van der Waals surface area contributed by atoms with Gasteiger partial charge in [-0.3, -0.25) is 10.1 Å². The zero-order chi connectivity index (χ0) is 17.9. The van der Waals surface area contributed by atoms with E-state index in [0.717, 1.165) is 11.6 Å². The van der Waals surface area contributed by atoms with Crippen molar-refractivity contribution in [2.24, 2.45) is 0 Å². The number of benzene rings is 2. The largest absolute Gasteiger partial charge is 0.496 e. The van der Waals surface area contributed by atoms with Crippen molar-refractivity contribution >= 4 is 44.9 Å². The molecule has 0 heterocycles. The number of ether oxygens (including phenoxy) is 1. The molecule has 0 radical (unpaired) electrons. The van der Waals surface area contributed by atoms with Crippen LogP contribution in [0.25, 0.3) is 0 Å². The van der Waals surface area contributed by atoms with Crippen LogP contribution in [0.15, 0.2) is 34.8 Å². The van der Waals surface area contributed by atoms with Gasteiger partial charge < -0.3 is 10.1 Å². The van der Waals surface area contributed by atoms with E-state index in [1.165, 1.54) is 13.2 Å². The Kier molecular flexibility index (Phi) is 5.84. The molecule has 0 aromatic heterocycles. The van der Waals surface area contributed by atoms with Gasteiger partial charge in [-0.05, 0) is 49.0 Å². The molecule has 126 valence electrons. The van der Waals surface area contributed by atoms with E-state index in [1.807, 2.05) is 0 Å². The van der Waals surface area contributed by atoms with Gasteiger partial charge in [-0.25, -0.2) is 8.78 Å². The lowest BCUT2D eigenvalue weighted by Gasteiger charge is -2.14. The highest BCUT2D eigenvalue weighted by molar-refractivity contribution is 9.10. The first-order valence-electron chi connectivity index (χ1n) is 6.73. The van der Waals surface area contributed by atoms with Crippen LogP contribution >= 0.6 is 28.1 Å². The Morgan fingerprint density at radius 1 is 1.25 bits per heavy atom. The van der Waals surface area contributed by atoms with Gasteiger partial charge in [0.15, 0.2) is 5.11 Å². The normalized spacial score (nSPS) is 10.2. The summed E-state index contributed by atoms with van der Waals surface area (Å²) in [6, 6.07) is 6.37. The molecule has 0 fully saturated rings. The van der Waals surface area contributed by atoms with E-state index in [0.29, 0.717) is 16.3 Å². The molecule has 0 spiro atoms. The number of rotatable bonds is 3. The van der Waals surface area contributed by atoms with Crippen molar-refractivity contribution in [2.45, 2.75) is 6.92 Å². The number of halogens is 3. The number of methoxy groups -OCH3 is 1. The van der Waals surface area contributed by atoms with Gasteiger partial charge in [-0.2, -0.15) is 0 Å². The van der Waals surface area contributed by atoms with Gasteiger partial charge in [0.1, 0.15) is 17.4 Å². The van der Waals surface area contributed by atoms with Gasteiger partial charge in [0.05, 0.1) is 18.4 Å². The molecular formula is C16H13BrF2N2O2S. The third-order valence-corrected chi connectivity index (χ3v) is 3.76. The standard InChI is InChI=1S/C16H13BrF2N2O2S/c1-8-5-9(17)6-11(14(8)23-2)15(22)21-16(24)20-13-4-3-10(18)7-12(13)19/h3-7H,1-2H3,(H2,20,21,22,24).